The van der Waals surface area contributed by atoms with E-state index in [2.05, 4.69) is 51.0 Å². The van der Waals surface area contributed by atoms with Gasteiger partial charge in [-0.3, -0.25) is 14.5 Å². The molecule has 0 aromatic carbocycles. The summed E-state index contributed by atoms with van der Waals surface area (Å²) in [5.41, 5.74) is 0. The summed E-state index contributed by atoms with van der Waals surface area (Å²) in [5.74, 6) is 1.23. The van der Waals surface area contributed by atoms with Gasteiger partial charge in [0.2, 0.25) is 0 Å². The van der Waals surface area contributed by atoms with Crippen molar-refractivity contribution in [3.05, 3.63) is 12.8 Å². The Bertz CT molecular complexity index is 885. The van der Waals surface area contributed by atoms with Crippen molar-refractivity contribution >= 4 is 11.9 Å². The zero-order chi connectivity index (χ0) is 42.0. The van der Waals surface area contributed by atoms with Crippen LogP contribution in [0.2, 0.25) is 0 Å². The molecule has 0 aliphatic heterocycles. The summed E-state index contributed by atoms with van der Waals surface area (Å²) in [6.45, 7) is 20.5. The molecule has 57 heavy (non-hydrogen) atoms. The SMILES string of the molecule is C=CN(CC)CCN(CCCCCCC(=O)OCCC(CCCCC)CCCCCCC)CC(O)CCCCC(=O)OCCC(CCCCC)CCCCCCC. The van der Waals surface area contributed by atoms with E-state index in [1.807, 2.05) is 6.20 Å². The normalized spacial score (nSPS) is 13.1. The van der Waals surface area contributed by atoms with Crippen LogP contribution < -0.4 is 0 Å². The lowest BCUT2D eigenvalue weighted by molar-refractivity contribution is -0.145. The van der Waals surface area contributed by atoms with Crippen molar-refractivity contribution in [1.82, 2.24) is 9.80 Å². The first-order valence-electron chi connectivity index (χ1n) is 24.9. The summed E-state index contributed by atoms with van der Waals surface area (Å²) in [7, 11) is 0. The Labute approximate surface area is 355 Å². The maximum absolute atomic E-state index is 12.5. The van der Waals surface area contributed by atoms with Crippen LogP contribution in [0.1, 0.15) is 234 Å². The second-order valence-corrected chi connectivity index (χ2v) is 17.3. The van der Waals surface area contributed by atoms with Gasteiger partial charge in [0.05, 0.1) is 19.3 Å². The molecule has 3 atom stereocenters. The van der Waals surface area contributed by atoms with Crippen molar-refractivity contribution in [2.75, 3.05) is 45.9 Å². The van der Waals surface area contributed by atoms with Crippen molar-refractivity contribution in [2.24, 2.45) is 11.8 Å². The van der Waals surface area contributed by atoms with Crippen LogP contribution in [0.5, 0.6) is 0 Å². The van der Waals surface area contributed by atoms with E-state index in [4.69, 9.17) is 9.47 Å². The van der Waals surface area contributed by atoms with E-state index in [-0.39, 0.29) is 11.9 Å². The summed E-state index contributed by atoms with van der Waals surface area (Å²) in [6, 6.07) is 0. The summed E-state index contributed by atoms with van der Waals surface area (Å²) >= 11 is 0. The molecular formula is C50H98N2O5. The van der Waals surface area contributed by atoms with Crippen LogP contribution in [-0.4, -0.2) is 78.9 Å². The highest BCUT2D eigenvalue weighted by atomic mass is 16.5. The number of carbonyl (C=O) groups excluding carboxylic acids is 2. The number of unbranched alkanes of at least 4 members (excludes halogenated alkanes) is 16. The molecule has 0 amide bonds. The second-order valence-electron chi connectivity index (χ2n) is 17.3. The molecule has 0 aliphatic rings. The Balaban J connectivity index is 4.46. The minimum Gasteiger partial charge on any atom is -0.466 e. The molecule has 7 nitrogen and oxygen atoms in total. The standard InChI is InChI=1S/C50H98N2O5/c1-7-13-17-19-25-33-46(31-23-15-9-3)38-43-56-49(54)36-27-21-22-30-40-52(42-41-51(11-5)12-6)45-48(53)35-28-29-37-50(55)57-44-39-47(32-24-16-10-4)34-26-20-18-14-8-2/h11,46-48,53H,5,7-10,12-45H2,1-4,6H3. The van der Waals surface area contributed by atoms with Gasteiger partial charge in [0, 0.05) is 39.0 Å². The minimum absolute atomic E-state index is 0.0395. The van der Waals surface area contributed by atoms with Crippen molar-refractivity contribution < 1.29 is 24.2 Å². The van der Waals surface area contributed by atoms with Crippen LogP contribution in [0.25, 0.3) is 0 Å². The van der Waals surface area contributed by atoms with Crippen LogP contribution in [0, 0.1) is 11.8 Å². The monoisotopic (exact) mass is 807 g/mol. The average molecular weight is 807 g/mol. The van der Waals surface area contributed by atoms with Crippen LogP contribution in [0.3, 0.4) is 0 Å². The highest BCUT2D eigenvalue weighted by Crippen LogP contribution is 2.23. The largest absolute Gasteiger partial charge is 0.466 e. The van der Waals surface area contributed by atoms with Gasteiger partial charge >= 0.3 is 11.9 Å². The fourth-order valence-corrected chi connectivity index (χ4v) is 8.07. The van der Waals surface area contributed by atoms with E-state index in [9.17, 15) is 14.7 Å². The number of rotatable bonds is 45. The third-order valence-electron chi connectivity index (χ3n) is 12.1. The number of hydrogen-bond donors (Lipinski definition) is 1. The first kappa shape index (κ1) is 55.4. The van der Waals surface area contributed by atoms with E-state index >= 15 is 0 Å². The predicted molar refractivity (Wildman–Crippen MR) is 245 cm³/mol. The fourth-order valence-electron chi connectivity index (χ4n) is 8.07. The summed E-state index contributed by atoms with van der Waals surface area (Å²) < 4.78 is 11.4. The first-order valence-corrected chi connectivity index (χ1v) is 24.9. The Morgan fingerprint density at radius 2 is 0.912 bits per heavy atom. The van der Waals surface area contributed by atoms with Crippen LogP contribution >= 0.6 is 0 Å². The number of carbonyl (C=O) groups is 2. The summed E-state index contributed by atoms with van der Waals surface area (Å²) in [4.78, 5) is 29.6. The first-order chi connectivity index (χ1) is 27.8. The third-order valence-corrected chi connectivity index (χ3v) is 12.1. The number of hydrogen-bond acceptors (Lipinski definition) is 7. The van der Waals surface area contributed by atoms with Crippen LogP contribution in [0.4, 0.5) is 0 Å². The van der Waals surface area contributed by atoms with Gasteiger partial charge in [-0.1, -0.05) is 182 Å². The van der Waals surface area contributed by atoms with Crippen LogP contribution in [-0.2, 0) is 19.1 Å². The molecule has 7 heteroatoms. The van der Waals surface area contributed by atoms with Crippen molar-refractivity contribution in [1.29, 1.82) is 0 Å². The molecule has 0 radical (unpaired) electrons. The lowest BCUT2D eigenvalue weighted by Crippen LogP contribution is -2.38. The summed E-state index contributed by atoms with van der Waals surface area (Å²) in [5, 5.41) is 11.0. The highest BCUT2D eigenvalue weighted by Gasteiger charge is 2.15. The Morgan fingerprint density at radius 1 is 0.509 bits per heavy atom. The Morgan fingerprint density at radius 3 is 1.39 bits per heavy atom. The minimum atomic E-state index is -0.414. The maximum atomic E-state index is 12.5. The lowest BCUT2D eigenvalue weighted by Gasteiger charge is -2.28. The van der Waals surface area contributed by atoms with Crippen LogP contribution in [0.15, 0.2) is 12.8 Å². The maximum Gasteiger partial charge on any atom is 0.305 e. The Hall–Kier alpha value is -1.60. The lowest BCUT2D eigenvalue weighted by atomic mass is 9.92. The fraction of sp³-hybridized carbons (Fsp3) is 0.920. The van der Waals surface area contributed by atoms with Crippen molar-refractivity contribution in [3.63, 3.8) is 0 Å². The molecule has 1 N–H and O–H groups in total. The van der Waals surface area contributed by atoms with Gasteiger partial charge in [-0.25, -0.2) is 0 Å². The molecular weight excluding hydrogens is 709 g/mol. The Kier molecular flexibility index (Phi) is 41.3. The number of aliphatic hydroxyl groups is 1. The molecule has 0 aromatic rings. The van der Waals surface area contributed by atoms with E-state index in [1.54, 1.807) is 0 Å². The molecule has 0 fully saturated rings. The van der Waals surface area contributed by atoms with E-state index in [0.717, 1.165) is 77.5 Å². The molecule has 0 aromatic heterocycles. The van der Waals surface area contributed by atoms with Gasteiger partial charge in [0.1, 0.15) is 0 Å². The van der Waals surface area contributed by atoms with Gasteiger partial charge in [0.25, 0.3) is 0 Å². The zero-order valence-electron chi connectivity index (χ0n) is 38.9. The van der Waals surface area contributed by atoms with E-state index in [1.165, 1.54) is 128 Å². The molecule has 3 unspecified atom stereocenters. The highest BCUT2D eigenvalue weighted by molar-refractivity contribution is 5.69. The number of ether oxygens (including phenoxy) is 2. The third kappa shape index (κ3) is 37.2. The zero-order valence-corrected chi connectivity index (χ0v) is 38.9. The number of nitrogens with zero attached hydrogens (tertiary/aromatic N) is 2. The molecule has 0 bridgehead atoms. The smallest absolute Gasteiger partial charge is 0.305 e. The predicted octanol–water partition coefficient (Wildman–Crippen LogP) is 13.6. The number of aliphatic hydroxyl groups excluding tert-OH is 1. The van der Waals surface area contributed by atoms with Gasteiger partial charge in [-0.15, -0.1) is 0 Å². The second kappa shape index (κ2) is 42.5. The molecule has 0 rings (SSSR count). The van der Waals surface area contributed by atoms with E-state index in [0.29, 0.717) is 50.9 Å². The van der Waals surface area contributed by atoms with Gasteiger partial charge < -0.3 is 19.5 Å². The molecule has 0 aliphatic carbocycles. The molecule has 0 saturated carbocycles. The number of likely N-dealkylation sites (N-methyl/N-ethyl adjacent to an activating group) is 1. The quantitative estimate of drug-likeness (QED) is 0.0485. The topological polar surface area (TPSA) is 79.3 Å². The summed E-state index contributed by atoms with van der Waals surface area (Å²) in [6.07, 6.45) is 36.7. The van der Waals surface area contributed by atoms with Crippen molar-refractivity contribution in [2.45, 2.75) is 240 Å². The van der Waals surface area contributed by atoms with Gasteiger partial charge in [-0.05, 0) is 70.0 Å². The van der Waals surface area contributed by atoms with Gasteiger partial charge in [-0.2, -0.15) is 0 Å². The number of esters is 2. The van der Waals surface area contributed by atoms with Gasteiger partial charge in [0.15, 0.2) is 0 Å². The molecule has 338 valence electrons. The molecule has 0 spiro atoms. The molecule has 0 heterocycles. The van der Waals surface area contributed by atoms with Crippen molar-refractivity contribution in [3.8, 4) is 0 Å². The average Bonchev–Trinajstić information content (AvgIpc) is 3.20. The molecule has 0 saturated heterocycles. The van der Waals surface area contributed by atoms with E-state index < -0.39 is 6.10 Å².